The third kappa shape index (κ3) is 5.99. The van der Waals surface area contributed by atoms with Crippen LogP contribution in [0.5, 0.6) is 17.2 Å². The molecule has 8 heteroatoms. The van der Waals surface area contributed by atoms with Gasteiger partial charge in [-0.1, -0.05) is 19.4 Å². The molecule has 1 unspecified atom stereocenters. The van der Waals surface area contributed by atoms with Crippen molar-refractivity contribution in [3.63, 3.8) is 0 Å². The van der Waals surface area contributed by atoms with E-state index in [9.17, 15) is 14.7 Å². The molecule has 2 aromatic rings. The lowest BCUT2D eigenvalue weighted by Crippen LogP contribution is -2.35. The highest BCUT2D eigenvalue weighted by Gasteiger charge is 2.46. The van der Waals surface area contributed by atoms with Gasteiger partial charge in [-0.25, -0.2) is 0 Å². The van der Waals surface area contributed by atoms with Gasteiger partial charge in [0.1, 0.15) is 11.5 Å². The van der Waals surface area contributed by atoms with Crippen LogP contribution in [0.4, 0.5) is 0 Å². The maximum atomic E-state index is 13.2. The van der Waals surface area contributed by atoms with Crippen LogP contribution in [-0.2, 0) is 9.59 Å². The van der Waals surface area contributed by atoms with Crippen molar-refractivity contribution in [3.05, 3.63) is 59.2 Å². The Balaban J connectivity index is 2.11. The molecule has 1 fully saturated rings. The minimum atomic E-state index is -0.768. The van der Waals surface area contributed by atoms with E-state index in [1.165, 1.54) is 4.90 Å². The van der Waals surface area contributed by atoms with Crippen molar-refractivity contribution in [2.45, 2.75) is 32.7 Å². The fraction of sp³-hybridized carbons (Fsp3) is 0.429. The number of ether oxygens (including phenoxy) is 3. The number of Topliss-reactive ketones (excluding diaryl/α,β-unsaturated/α-hetero) is 1. The van der Waals surface area contributed by atoms with Crippen molar-refractivity contribution in [1.29, 1.82) is 0 Å². The first-order chi connectivity index (χ1) is 17.3. The van der Waals surface area contributed by atoms with Crippen LogP contribution < -0.4 is 14.2 Å². The number of nitrogens with zero attached hydrogens (tertiary/aromatic N) is 2. The van der Waals surface area contributed by atoms with Crippen LogP contribution >= 0.6 is 0 Å². The Labute approximate surface area is 213 Å². The van der Waals surface area contributed by atoms with Crippen molar-refractivity contribution in [1.82, 2.24) is 9.80 Å². The fourth-order valence-electron chi connectivity index (χ4n) is 4.08. The largest absolute Gasteiger partial charge is 0.507 e. The number of likely N-dealkylation sites (tertiary alicyclic amines) is 1. The molecule has 1 aliphatic heterocycles. The van der Waals surface area contributed by atoms with Crippen LogP contribution in [0.25, 0.3) is 5.76 Å². The summed E-state index contributed by atoms with van der Waals surface area (Å²) in [6, 6.07) is 11.4. The van der Waals surface area contributed by atoms with Crippen molar-refractivity contribution in [2.75, 3.05) is 47.5 Å². The average Bonchev–Trinajstić information content (AvgIpc) is 3.13. The van der Waals surface area contributed by atoms with Gasteiger partial charge < -0.3 is 29.1 Å². The molecule has 36 heavy (non-hydrogen) atoms. The Morgan fingerprint density at radius 1 is 1.03 bits per heavy atom. The van der Waals surface area contributed by atoms with E-state index < -0.39 is 17.7 Å². The summed E-state index contributed by atoms with van der Waals surface area (Å²) in [6.45, 7) is 5.85. The molecule has 0 spiro atoms. The van der Waals surface area contributed by atoms with Gasteiger partial charge in [-0.2, -0.15) is 0 Å². The van der Waals surface area contributed by atoms with E-state index >= 15 is 0 Å². The normalized spacial score (nSPS) is 17.1. The van der Waals surface area contributed by atoms with Crippen LogP contribution in [0, 0.1) is 0 Å². The minimum absolute atomic E-state index is 0.0472. The Morgan fingerprint density at radius 2 is 1.75 bits per heavy atom. The average molecular weight is 497 g/mol. The van der Waals surface area contributed by atoms with E-state index in [-0.39, 0.29) is 11.3 Å². The van der Waals surface area contributed by atoms with Gasteiger partial charge in [-0.15, -0.1) is 0 Å². The van der Waals surface area contributed by atoms with Gasteiger partial charge in [-0.05, 0) is 69.4 Å². The first-order valence-corrected chi connectivity index (χ1v) is 12.3. The summed E-state index contributed by atoms with van der Waals surface area (Å²) < 4.78 is 17.0. The first-order valence-electron chi connectivity index (χ1n) is 12.3. The SMILES string of the molecule is CCCCOc1ccc(C2/C(=C(\O)c3ccc(OC)cc3)C(=O)C(=O)N2CCN(C)C)cc1OCC. The third-order valence-electron chi connectivity index (χ3n) is 6.03. The zero-order valence-corrected chi connectivity index (χ0v) is 21.7. The number of aliphatic hydroxyl groups is 1. The number of likely N-dealkylation sites (N-methyl/N-ethyl adjacent to an activating group) is 1. The summed E-state index contributed by atoms with van der Waals surface area (Å²) in [5.74, 6) is 0.179. The van der Waals surface area contributed by atoms with E-state index in [4.69, 9.17) is 14.2 Å². The van der Waals surface area contributed by atoms with E-state index in [1.807, 2.05) is 32.0 Å². The van der Waals surface area contributed by atoms with Crippen molar-refractivity contribution >= 4 is 17.4 Å². The fourth-order valence-corrected chi connectivity index (χ4v) is 4.08. The van der Waals surface area contributed by atoms with Gasteiger partial charge >= 0.3 is 0 Å². The Hall–Kier alpha value is -3.52. The van der Waals surface area contributed by atoms with Gasteiger partial charge in [0.25, 0.3) is 11.7 Å². The van der Waals surface area contributed by atoms with E-state index in [1.54, 1.807) is 43.5 Å². The summed E-state index contributed by atoms with van der Waals surface area (Å²) in [6.07, 6.45) is 1.92. The van der Waals surface area contributed by atoms with Gasteiger partial charge in [0, 0.05) is 18.7 Å². The lowest BCUT2D eigenvalue weighted by atomic mass is 9.95. The number of carbonyl (C=O) groups excluding carboxylic acids is 2. The van der Waals surface area contributed by atoms with Crippen molar-refractivity contribution in [3.8, 4) is 17.2 Å². The predicted octanol–water partition coefficient (Wildman–Crippen LogP) is 4.26. The number of methoxy groups -OCH3 is 1. The minimum Gasteiger partial charge on any atom is -0.507 e. The molecule has 1 N–H and O–H groups in total. The molecule has 1 amide bonds. The second-order valence-electron chi connectivity index (χ2n) is 8.87. The Kier molecular flexibility index (Phi) is 9.36. The highest BCUT2D eigenvalue weighted by molar-refractivity contribution is 6.46. The number of rotatable bonds is 12. The second-order valence-corrected chi connectivity index (χ2v) is 8.87. The van der Waals surface area contributed by atoms with Gasteiger partial charge in [0.2, 0.25) is 0 Å². The molecular weight excluding hydrogens is 460 g/mol. The number of aliphatic hydroxyl groups excluding tert-OH is 1. The highest BCUT2D eigenvalue weighted by atomic mass is 16.5. The van der Waals surface area contributed by atoms with E-state index in [2.05, 4.69) is 6.92 Å². The predicted molar refractivity (Wildman–Crippen MR) is 139 cm³/mol. The van der Waals surface area contributed by atoms with Crippen LogP contribution in [0.15, 0.2) is 48.0 Å². The molecule has 1 aliphatic rings. The number of carbonyl (C=O) groups is 2. The molecule has 0 saturated carbocycles. The van der Waals surface area contributed by atoms with Crippen LogP contribution in [0.3, 0.4) is 0 Å². The highest BCUT2D eigenvalue weighted by Crippen LogP contribution is 2.42. The molecule has 0 aliphatic carbocycles. The number of ketones is 1. The molecule has 3 rings (SSSR count). The number of benzene rings is 2. The van der Waals surface area contributed by atoms with Gasteiger partial charge in [0.05, 0.1) is 31.9 Å². The molecule has 8 nitrogen and oxygen atoms in total. The van der Waals surface area contributed by atoms with Crippen LogP contribution in [0.1, 0.15) is 43.9 Å². The van der Waals surface area contributed by atoms with Crippen molar-refractivity contribution < 1.29 is 28.9 Å². The number of unbranched alkanes of at least 4 members (excludes halogenated alkanes) is 1. The van der Waals surface area contributed by atoms with Gasteiger partial charge in [-0.3, -0.25) is 9.59 Å². The number of hydrogen-bond donors (Lipinski definition) is 1. The third-order valence-corrected chi connectivity index (χ3v) is 6.03. The first kappa shape index (κ1) is 27.1. The second kappa shape index (κ2) is 12.4. The summed E-state index contributed by atoms with van der Waals surface area (Å²) in [4.78, 5) is 29.8. The monoisotopic (exact) mass is 496 g/mol. The maximum absolute atomic E-state index is 13.2. The molecule has 1 atom stereocenters. The molecule has 0 radical (unpaired) electrons. The van der Waals surface area contributed by atoms with E-state index in [0.717, 1.165) is 12.8 Å². The standard InChI is InChI=1S/C28H36N2O6/c1-6-8-17-36-22-14-11-20(18-23(22)35-7-2)25-24(26(31)19-9-12-21(34-5)13-10-19)27(32)28(33)30(25)16-15-29(3)4/h9-14,18,25,31H,6-8,15-17H2,1-5H3/b26-24+. The Bertz CT molecular complexity index is 1090. The lowest BCUT2D eigenvalue weighted by molar-refractivity contribution is -0.140. The quantitative estimate of drug-likeness (QED) is 0.203. The van der Waals surface area contributed by atoms with Crippen molar-refractivity contribution in [2.24, 2.45) is 0 Å². The summed E-state index contributed by atoms with van der Waals surface area (Å²) in [7, 11) is 5.36. The number of hydrogen-bond acceptors (Lipinski definition) is 7. The molecule has 0 bridgehead atoms. The zero-order chi connectivity index (χ0) is 26.2. The lowest BCUT2D eigenvalue weighted by Gasteiger charge is -2.27. The molecule has 1 heterocycles. The van der Waals surface area contributed by atoms with Crippen LogP contribution in [0.2, 0.25) is 0 Å². The van der Waals surface area contributed by atoms with Gasteiger partial charge in [0.15, 0.2) is 11.5 Å². The topological polar surface area (TPSA) is 88.5 Å². The summed E-state index contributed by atoms with van der Waals surface area (Å²) >= 11 is 0. The Morgan fingerprint density at radius 3 is 2.36 bits per heavy atom. The molecule has 2 aromatic carbocycles. The summed E-state index contributed by atoms with van der Waals surface area (Å²) in [5, 5.41) is 11.2. The summed E-state index contributed by atoms with van der Waals surface area (Å²) in [5.41, 5.74) is 1.14. The zero-order valence-electron chi connectivity index (χ0n) is 21.7. The molecular formula is C28H36N2O6. The molecule has 1 saturated heterocycles. The van der Waals surface area contributed by atoms with Crippen LogP contribution in [-0.4, -0.2) is 74.1 Å². The maximum Gasteiger partial charge on any atom is 0.295 e. The smallest absolute Gasteiger partial charge is 0.295 e. The molecule has 0 aromatic heterocycles. The number of amides is 1. The van der Waals surface area contributed by atoms with E-state index in [0.29, 0.717) is 54.7 Å². The molecule has 194 valence electrons.